The van der Waals surface area contributed by atoms with Crippen LogP contribution in [0, 0.1) is 0 Å². The van der Waals surface area contributed by atoms with Crippen molar-refractivity contribution in [1.29, 1.82) is 0 Å². The molecule has 21 heavy (non-hydrogen) atoms. The fraction of sp³-hybridized carbons (Fsp3) is 0.538. The van der Waals surface area contributed by atoms with Crippen LogP contribution >= 0.6 is 23.2 Å². The maximum absolute atomic E-state index is 12.7. The quantitative estimate of drug-likeness (QED) is 0.901. The molecule has 0 amide bonds. The van der Waals surface area contributed by atoms with E-state index in [-0.39, 0.29) is 27.7 Å². The molecular weight excluding hydrogens is 337 g/mol. The highest BCUT2D eigenvalue weighted by Crippen LogP contribution is 2.32. The lowest BCUT2D eigenvalue weighted by Gasteiger charge is -2.30. The summed E-state index contributed by atoms with van der Waals surface area (Å²) >= 11 is 12.0. The number of rotatable bonds is 4. The van der Waals surface area contributed by atoms with E-state index in [0.29, 0.717) is 31.5 Å². The summed E-state index contributed by atoms with van der Waals surface area (Å²) in [5.41, 5.74) is 0.300. The molecule has 0 unspecified atom stereocenters. The van der Waals surface area contributed by atoms with Gasteiger partial charge in [-0.1, -0.05) is 23.2 Å². The predicted molar refractivity (Wildman–Crippen MR) is 81.2 cm³/mol. The van der Waals surface area contributed by atoms with Crippen molar-refractivity contribution in [2.75, 3.05) is 20.2 Å². The monoisotopic (exact) mass is 353 g/mol. The second kappa shape index (κ2) is 6.81. The average Bonchev–Trinajstić information content (AvgIpc) is 2.49. The Labute approximate surface area is 134 Å². The molecule has 1 heterocycles. The molecule has 0 radical (unpaired) electrons. The summed E-state index contributed by atoms with van der Waals surface area (Å²) in [4.78, 5) is -0.0587. The van der Waals surface area contributed by atoms with E-state index < -0.39 is 10.0 Å². The predicted octanol–water partition coefficient (Wildman–Crippen LogP) is 2.29. The fourth-order valence-corrected chi connectivity index (χ4v) is 4.74. The maximum Gasteiger partial charge on any atom is 0.244 e. The Morgan fingerprint density at radius 3 is 2.48 bits per heavy atom. The van der Waals surface area contributed by atoms with E-state index in [1.165, 1.54) is 16.4 Å². The van der Waals surface area contributed by atoms with Crippen molar-refractivity contribution < 1.29 is 18.3 Å². The number of ether oxygens (including phenoxy) is 1. The molecule has 0 aliphatic carbocycles. The Balaban J connectivity index is 2.34. The second-order valence-electron chi connectivity index (χ2n) is 4.87. The molecule has 1 aliphatic heterocycles. The normalized spacial score (nSPS) is 18.1. The highest BCUT2D eigenvalue weighted by atomic mass is 35.5. The van der Waals surface area contributed by atoms with Gasteiger partial charge in [0.2, 0.25) is 10.0 Å². The van der Waals surface area contributed by atoms with Gasteiger partial charge < -0.3 is 9.84 Å². The lowest BCUT2D eigenvalue weighted by atomic mass is 10.1. The minimum atomic E-state index is -3.73. The van der Waals surface area contributed by atoms with Crippen molar-refractivity contribution in [3.05, 3.63) is 27.7 Å². The van der Waals surface area contributed by atoms with Crippen LogP contribution in [-0.4, -0.2) is 44.1 Å². The zero-order valence-corrected chi connectivity index (χ0v) is 13.9. The molecule has 8 heteroatoms. The highest BCUT2D eigenvalue weighted by Gasteiger charge is 2.31. The second-order valence-corrected chi connectivity index (χ2v) is 7.60. The van der Waals surface area contributed by atoms with Gasteiger partial charge in [-0.3, -0.25) is 0 Å². The first-order valence-corrected chi connectivity index (χ1v) is 8.71. The van der Waals surface area contributed by atoms with E-state index in [0.717, 1.165) is 0 Å². The van der Waals surface area contributed by atoms with Crippen LogP contribution in [0.4, 0.5) is 0 Å². The third kappa shape index (κ3) is 3.52. The summed E-state index contributed by atoms with van der Waals surface area (Å²) in [5, 5.41) is 9.50. The van der Waals surface area contributed by atoms with Gasteiger partial charge >= 0.3 is 0 Å². The van der Waals surface area contributed by atoms with Crippen LogP contribution in [0.15, 0.2) is 17.0 Å². The Morgan fingerprint density at radius 1 is 1.33 bits per heavy atom. The number of hydrogen-bond donors (Lipinski definition) is 1. The lowest BCUT2D eigenvalue weighted by Crippen LogP contribution is -2.40. The Bertz CT molecular complexity index is 613. The fourth-order valence-electron chi connectivity index (χ4n) is 2.37. The van der Waals surface area contributed by atoms with Crippen LogP contribution in [0.2, 0.25) is 10.0 Å². The van der Waals surface area contributed by atoms with Crippen LogP contribution in [0.25, 0.3) is 0 Å². The van der Waals surface area contributed by atoms with Gasteiger partial charge in [-0.25, -0.2) is 8.42 Å². The molecule has 118 valence electrons. The van der Waals surface area contributed by atoms with E-state index in [1.807, 2.05) is 0 Å². The molecular formula is C13H17Cl2NO4S. The minimum absolute atomic E-state index is 0.0239. The van der Waals surface area contributed by atoms with E-state index >= 15 is 0 Å². The van der Waals surface area contributed by atoms with Crippen molar-refractivity contribution in [3.8, 4) is 0 Å². The summed E-state index contributed by atoms with van der Waals surface area (Å²) in [6.45, 7) is 0.379. The molecule has 0 bridgehead atoms. The molecule has 1 aromatic rings. The molecule has 2 rings (SSSR count). The molecule has 1 saturated heterocycles. The Kier molecular flexibility index (Phi) is 5.51. The maximum atomic E-state index is 12.7. The molecule has 5 nitrogen and oxygen atoms in total. The number of aliphatic hydroxyl groups excluding tert-OH is 1. The van der Waals surface area contributed by atoms with Gasteiger partial charge in [0, 0.05) is 25.2 Å². The van der Waals surface area contributed by atoms with Crippen molar-refractivity contribution in [2.24, 2.45) is 0 Å². The molecule has 1 aromatic carbocycles. The van der Waals surface area contributed by atoms with Crippen LogP contribution in [0.3, 0.4) is 0 Å². The van der Waals surface area contributed by atoms with Crippen molar-refractivity contribution in [2.45, 2.75) is 30.4 Å². The van der Waals surface area contributed by atoms with Gasteiger partial charge in [0.25, 0.3) is 0 Å². The van der Waals surface area contributed by atoms with Gasteiger partial charge in [-0.05, 0) is 30.5 Å². The van der Waals surface area contributed by atoms with Crippen molar-refractivity contribution in [3.63, 3.8) is 0 Å². The first kappa shape index (κ1) is 17.0. The first-order chi connectivity index (χ1) is 9.90. The Morgan fingerprint density at radius 2 is 1.95 bits per heavy atom. The smallest absolute Gasteiger partial charge is 0.244 e. The third-order valence-corrected chi connectivity index (χ3v) is 6.30. The number of hydrogen-bond acceptors (Lipinski definition) is 4. The van der Waals surface area contributed by atoms with E-state index in [2.05, 4.69) is 0 Å². The molecule has 0 spiro atoms. The molecule has 0 saturated carbocycles. The highest BCUT2D eigenvalue weighted by molar-refractivity contribution is 7.89. The van der Waals surface area contributed by atoms with Crippen molar-refractivity contribution >= 4 is 33.2 Å². The molecule has 1 N–H and O–H groups in total. The number of sulfonamides is 1. The number of benzene rings is 1. The number of piperidine rings is 1. The van der Waals surface area contributed by atoms with Gasteiger partial charge in [-0.2, -0.15) is 4.31 Å². The summed E-state index contributed by atoms with van der Waals surface area (Å²) in [7, 11) is -2.11. The number of methoxy groups -OCH3 is 1. The largest absolute Gasteiger partial charge is 0.392 e. The zero-order valence-electron chi connectivity index (χ0n) is 11.6. The van der Waals surface area contributed by atoms with Gasteiger partial charge in [0.15, 0.2) is 0 Å². The molecule has 1 aliphatic rings. The number of nitrogens with zero attached hydrogens (tertiary/aromatic N) is 1. The SMILES string of the molecule is COC1CCN(S(=O)(=O)c2cc(Cl)cc(CO)c2Cl)CC1. The number of aliphatic hydroxyl groups is 1. The summed E-state index contributed by atoms with van der Waals surface area (Å²) in [5.74, 6) is 0. The van der Waals surface area contributed by atoms with Crippen LogP contribution < -0.4 is 0 Å². The lowest BCUT2D eigenvalue weighted by molar-refractivity contribution is 0.0604. The van der Waals surface area contributed by atoms with Gasteiger partial charge in [0.05, 0.1) is 17.7 Å². The summed E-state index contributed by atoms with van der Waals surface area (Å²) in [6, 6.07) is 2.78. The summed E-state index contributed by atoms with van der Waals surface area (Å²) in [6.07, 6.45) is 1.36. The van der Waals surface area contributed by atoms with Crippen LogP contribution in [-0.2, 0) is 21.4 Å². The number of halogens is 2. The van der Waals surface area contributed by atoms with E-state index in [1.54, 1.807) is 7.11 Å². The minimum Gasteiger partial charge on any atom is -0.392 e. The average molecular weight is 354 g/mol. The van der Waals surface area contributed by atoms with Crippen LogP contribution in [0.5, 0.6) is 0 Å². The standard InChI is InChI=1S/C13H17Cl2NO4S/c1-20-11-2-4-16(5-3-11)21(18,19)12-7-10(14)6-9(8-17)13(12)15/h6-7,11,17H,2-5,8H2,1H3. The summed E-state index contributed by atoms with van der Waals surface area (Å²) < 4.78 is 32.0. The van der Waals surface area contributed by atoms with Gasteiger partial charge in [0.1, 0.15) is 4.90 Å². The third-order valence-electron chi connectivity index (χ3n) is 3.60. The van der Waals surface area contributed by atoms with E-state index in [9.17, 15) is 13.5 Å². The first-order valence-electron chi connectivity index (χ1n) is 6.52. The Hall–Kier alpha value is -0.370. The van der Waals surface area contributed by atoms with Crippen molar-refractivity contribution in [1.82, 2.24) is 4.31 Å². The molecule has 0 atom stereocenters. The topological polar surface area (TPSA) is 66.8 Å². The van der Waals surface area contributed by atoms with Gasteiger partial charge in [-0.15, -0.1) is 0 Å². The molecule has 0 aromatic heterocycles. The van der Waals surface area contributed by atoms with Crippen LogP contribution in [0.1, 0.15) is 18.4 Å². The zero-order chi connectivity index (χ0) is 15.6. The van der Waals surface area contributed by atoms with E-state index in [4.69, 9.17) is 27.9 Å². The molecule has 1 fully saturated rings.